The number of aryl methyl sites for hydroxylation is 7. The summed E-state index contributed by atoms with van der Waals surface area (Å²) >= 11 is 12.1. The van der Waals surface area contributed by atoms with Gasteiger partial charge in [-0.2, -0.15) is 23.1 Å². The first-order valence-corrected chi connectivity index (χ1v) is 33.1. The van der Waals surface area contributed by atoms with Gasteiger partial charge in [0, 0.05) is 33.6 Å². The molecule has 23 heteroatoms. The number of nitrogens with zero attached hydrogens (tertiary/aromatic N) is 14. The summed E-state index contributed by atoms with van der Waals surface area (Å²) in [7, 11) is 0. The second-order valence-electron chi connectivity index (χ2n) is 21.3. The molecule has 0 unspecified atom stereocenters. The largest absolute Gasteiger partial charge is 0.416 e. The van der Waals surface area contributed by atoms with Crippen molar-refractivity contribution < 1.29 is 17.6 Å². The number of tetrazole rings is 1. The van der Waals surface area contributed by atoms with E-state index in [0.29, 0.717) is 43.5 Å². The molecule has 0 amide bonds. The minimum atomic E-state index is -4.33. The lowest BCUT2D eigenvalue weighted by atomic mass is 10.1. The molecule has 0 saturated carbocycles. The van der Waals surface area contributed by atoms with Crippen LogP contribution in [0.2, 0.25) is 5.02 Å². The van der Waals surface area contributed by atoms with Gasteiger partial charge in [0.15, 0.2) is 15.5 Å². The van der Waals surface area contributed by atoms with Crippen LogP contribution in [-0.4, -0.2) is 64.5 Å². The lowest BCUT2D eigenvalue weighted by Gasteiger charge is -2.11. The maximum atomic E-state index is 13.9. The fraction of sp³-hybridized carbons (Fsp3) is 0.188. The Balaban J connectivity index is 0.000000145. The van der Waals surface area contributed by atoms with Crippen LogP contribution in [0.25, 0.3) is 22.7 Å². The fourth-order valence-electron chi connectivity index (χ4n) is 9.14. The number of thioether (sulfide) groups is 4. The van der Waals surface area contributed by atoms with Gasteiger partial charge in [0.25, 0.3) is 0 Å². The number of alkyl halides is 3. The van der Waals surface area contributed by atoms with Crippen LogP contribution in [0.1, 0.15) is 77.9 Å². The van der Waals surface area contributed by atoms with E-state index in [1.54, 1.807) is 60.7 Å². The van der Waals surface area contributed by atoms with Crippen molar-refractivity contribution in [1.82, 2.24) is 64.5 Å². The predicted octanol–water partition coefficient (Wildman–Crippen LogP) is 17.8. The van der Waals surface area contributed by atoms with Crippen LogP contribution in [0.5, 0.6) is 0 Å². The van der Waals surface area contributed by atoms with Gasteiger partial charge >= 0.3 is 6.18 Å². The number of nitriles is 1. The maximum absolute atomic E-state index is 13.9. The van der Waals surface area contributed by atoms with Crippen LogP contribution in [0.4, 0.5) is 17.6 Å². The smallest absolute Gasteiger partial charge is 0.276 e. The number of hydrogen-bond acceptors (Lipinski definition) is 14. The van der Waals surface area contributed by atoms with Crippen molar-refractivity contribution in [2.45, 2.75) is 105 Å². The Kier molecular flexibility index (Phi) is 23.4. The first-order chi connectivity index (χ1) is 44.3. The van der Waals surface area contributed by atoms with Crippen molar-refractivity contribution in [2.75, 3.05) is 0 Å². The molecule has 0 aliphatic rings. The number of halogens is 5. The van der Waals surface area contributed by atoms with E-state index in [4.69, 9.17) is 16.9 Å². The average Bonchev–Trinajstić information content (AvgIpc) is 1.75. The van der Waals surface area contributed by atoms with E-state index in [9.17, 15) is 17.6 Å². The molecule has 8 aromatic carbocycles. The van der Waals surface area contributed by atoms with E-state index >= 15 is 0 Å². The Morgan fingerprint density at radius 2 is 0.957 bits per heavy atom. The molecular formula is C69H63ClF4N14S4. The van der Waals surface area contributed by atoms with E-state index in [1.165, 1.54) is 75.1 Å². The Labute approximate surface area is 554 Å². The second kappa shape index (κ2) is 31.9. The highest BCUT2D eigenvalue weighted by Gasteiger charge is 2.30. The number of hydrogen-bond donors (Lipinski definition) is 0. The Morgan fingerprint density at radius 3 is 1.59 bits per heavy atom. The molecule has 12 rings (SSSR count). The zero-order chi connectivity index (χ0) is 65.3. The molecule has 0 bridgehead atoms. The Morgan fingerprint density at radius 1 is 0.457 bits per heavy atom. The van der Waals surface area contributed by atoms with Gasteiger partial charge in [0.05, 0.1) is 39.9 Å². The monoisotopic (exact) mass is 1330 g/mol. The zero-order valence-corrected chi connectivity index (χ0v) is 55.5. The highest BCUT2D eigenvalue weighted by Crippen LogP contribution is 2.34. The second-order valence-corrected chi connectivity index (χ2v) is 25.4. The summed E-state index contributed by atoms with van der Waals surface area (Å²) in [5, 5.41) is 49.0. The van der Waals surface area contributed by atoms with Gasteiger partial charge in [-0.1, -0.05) is 179 Å². The number of para-hydroxylation sites is 1. The van der Waals surface area contributed by atoms with Crippen molar-refractivity contribution in [3.05, 3.63) is 278 Å². The molecule has 0 saturated heterocycles. The summed E-state index contributed by atoms with van der Waals surface area (Å²) in [6.07, 6.45) is 0.696. The van der Waals surface area contributed by atoms with Gasteiger partial charge in [-0.05, 0) is 176 Å². The molecular weight excluding hydrogens is 1260 g/mol. The van der Waals surface area contributed by atoms with Crippen molar-refractivity contribution in [2.24, 2.45) is 0 Å². The summed E-state index contributed by atoms with van der Waals surface area (Å²) in [6, 6.07) is 55.0. The lowest BCUT2D eigenvalue weighted by Crippen LogP contribution is -2.05. The van der Waals surface area contributed by atoms with Gasteiger partial charge in [-0.3, -0.25) is 13.7 Å². The highest BCUT2D eigenvalue weighted by atomic mass is 35.5. The minimum Gasteiger partial charge on any atom is -0.276 e. The molecule has 4 aromatic heterocycles. The van der Waals surface area contributed by atoms with E-state index in [0.717, 1.165) is 72.9 Å². The molecule has 12 aromatic rings. The third kappa shape index (κ3) is 18.0. The van der Waals surface area contributed by atoms with E-state index in [1.807, 2.05) is 86.0 Å². The molecule has 0 spiro atoms. The molecule has 0 N–H and O–H groups in total. The van der Waals surface area contributed by atoms with Crippen LogP contribution in [-0.2, 0) is 29.2 Å². The molecule has 0 aliphatic carbocycles. The first-order valence-electron chi connectivity index (χ1n) is 28.7. The molecule has 0 fully saturated rings. The van der Waals surface area contributed by atoms with Crippen molar-refractivity contribution in [3.8, 4) is 28.8 Å². The SMILES string of the molecule is Cc1ccc(C)c(-n2cnnc2SCc2cccc(C#N)c2)c1.Cc1ccc(CSc2nnnn2-c2cc(C)ccc2C)cc1.Cc1cccc(-n2cnnc2SCc2c(F)cccc2Cl)c1C.Cc1ccccc1-n1cnnc1SCc1cccc(C(F)(F)F)c1. The minimum absolute atomic E-state index is 0.303. The van der Waals surface area contributed by atoms with Gasteiger partial charge < -0.3 is 0 Å². The molecule has 468 valence electrons. The summed E-state index contributed by atoms with van der Waals surface area (Å²) in [5.74, 6) is 2.08. The van der Waals surface area contributed by atoms with Crippen molar-refractivity contribution in [1.29, 1.82) is 5.26 Å². The third-order valence-corrected chi connectivity index (χ3v) is 18.7. The van der Waals surface area contributed by atoms with E-state index in [-0.39, 0.29) is 5.82 Å². The molecule has 92 heavy (non-hydrogen) atoms. The lowest BCUT2D eigenvalue weighted by molar-refractivity contribution is -0.137. The third-order valence-electron chi connectivity index (χ3n) is 14.4. The van der Waals surface area contributed by atoms with Crippen LogP contribution < -0.4 is 0 Å². The van der Waals surface area contributed by atoms with Crippen LogP contribution >= 0.6 is 58.6 Å². The van der Waals surface area contributed by atoms with Gasteiger partial charge in [-0.15, -0.1) is 35.7 Å². The number of benzene rings is 8. The standard InChI is InChI=1S/C18H16N4S.C17H15ClFN3S.C17H14F3N3S.C17H18N4S/c1-13-6-7-14(2)17(8-13)22-12-20-21-18(22)23-11-16-5-3-4-15(9-16)10-19;1-11-5-3-8-16(12(11)2)22-10-20-21-17(22)23-9-13-14(18)6-4-7-15(13)19;1-12-5-2-3-8-15(12)23-11-21-22-16(23)24-10-13-6-4-7-14(9-13)17(18,19)20;1-12-5-8-15(9-6-12)11-22-17-18-19-20-21(17)16-10-13(2)4-7-14(16)3/h3-9,12H,11H2,1-2H3;3-8,10H,9H2,1-2H3;2-9,11H,10H2,1H3;4-10H,11H2,1-3H3. The molecule has 0 aliphatic heterocycles. The molecule has 0 atom stereocenters. The fourth-order valence-corrected chi connectivity index (χ4v) is 13.0. The van der Waals surface area contributed by atoms with Crippen LogP contribution in [0.3, 0.4) is 0 Å². The van der Waals surface area contributed by atoms with Gasteiger partial charge in [0.2, 0.25) is 5.16 Å². The normalized spacial score (nSPS) is 11.0. The topological polar surface area (TPSA) is 160 Å². The summed E-state index contributed by atoms with van der Waals surface area (Å²) in [4.78, 5) is 0. The zero-order valence-electron chi connectivity index (χ0n) is 51.5. The average molecular weight is 1330 g/mol. The summed E-state index contributed by atoms with van der Waals surface area (Å²) in [6.45, 7) is 16.5. The van der Waals surface area contributed by atoms with Crippen LogP contribution in [0.15, 0.2) is 209 Å². The van der Waals surface area contributed by atoms with Crippen molar-refractivity contribution >= 4 is 58.6 Å². The first kappa shape index (κ1) is 67.5. The predicted molar refractivity (Wildman–Crippen MR) is 360 cm³/mol. The molecule has 14 nitrogen and oxygen atoms in total. The number of rotatable bonds is 16. The maximum Gasteiger partial charge on any atom is 0.416 e. The summed E-state index contributed by atoms with van der Waals surface area (Å²) < 4.78 is 59.8. The quantitative estimate of drug-likeness (QED) is 0.0664. The van der Waals surface area contributed by atoms with Crippen LogP contribution in [0, 0.1) is 72.5 Å². The highest BCUT2D eigenvalue weighted by molar-refractivity contribution is 7.99. The Bertz CT molecular complexity index is 4460. The summed E-state index contributed by atoms with van der Waals surface area (Å²) in [5.41, 5.74) is 17.1. The number of aromatic nitrogens is 13. The van der Waals surface area contributed by atoms with E-state index < -0.39 is 11.7 Å². The van der Waals surface area contributed by atoms with Crippen molar-refractivity contribution in [3.63, 3.8) is 0 Å². The van der Waals surface area contributed by atoms with Gasteiger partial charge in [0.1, 0.15) is 24.8 Å². The van der Waals surface area contributed by atoms with E-state index in [2.05, 4.69) is 167 Å². The van der Waals surface area contributed by atoms with Gasteiger partial charge in [-0.25, -0.2) is 4.39 Å². The Hall–Kier alpha value is -8.85. The molecule has 0 radical (unpaired) electrons. The molecule has 4 heterocycles.